The normalized spacial score (nSPS) is 12.1. The quantitative estimate of drug-likeness (QED) is 0.111. The maximum absolute atomic E-state index is 12.5. The molecule has 1 rings (SSSR count). The molecule has 0 aliphatic carbocycles. The molecule has 1 atom stereocenters. The highest BCUT2D eigenvalue weighted by Crippen LogP contribution is 2.38. The molecule has 214 valence electrons. The number of amides is 2. The van der Waals surface area contributed by atoms with Crippen molar-refractivity contribution >= 4 is 33.4 Å². The van der Waals surface area contributed by atoms with E-state index in [0.717, 1.165) is 12.8 Å². The van der Waals surface area contributed by atoms with Crippen LogP contribution in [0.5, 0.6) is 5.75 Å². The Morgan fingerprint density at radius 3 is 2.53 bits per heavy atom. The van der Waals surface area contributed by atoms with Crippen LogP contribution in [-0.2, 0) is 14.3 Å². The third kappa shape index (κ3) is 18.4. The Labute approximate surface area is 237 Å². The minimum absolute atomic E-state index is 0.0376. The van der Waals surface area contributed by atoms with E-state index in [1.54, 1.807) is 33.7 Å². The molecule has 1 unspecified atom stereocenters. The van der Waals surface area contributed by atoms with Crippen LogP contribution in [0.3, 0.4) is 0 Å². The average molecular weight is 567 g/mol. The second-order valence-corrected chi connectivity index (χ2v) is 13.7. The van der Waals surface area contributed by atoms with E-state index < -0.39 is 0 Å². The maximum Gasteiger partial charge on any atom is 0.251 e. The van der Waals surface area contributed by atoms with Crippen molar-refractivity contribution in [2.24, 2.45) is 11.8 Å². The number of ether oxygens (including phenoxy) is 3. The molecule has 0 heterocycles. The summed E-state index contributed by atoms with van der Waals surface area (Å²) in [6.07, 6.45) is 2.05. The van der Waals surface area contributed by atoms with Crippen LogP contribution in [0.4, 0.5) is 0 Å². The summed E-state index contributed by atoms with van der Waals surface area (Å²) >= 11 is 0. The fraction of sp³-hybridized carbons (Fsp3) is 0.655. The predicted octanol–water partition coefficient (Wildman–Crippen LogP) is 5.55. The molecular formula is C29H46N2O5S2. The van der Waals surface area contributed by atoms with Gasteiger partial charge in [0.05, 0.1) is 19.8 Å². The Bertz CT molecular complexity index is 891. The fourth-order valence-corrected chi connectivity index (χ4v) is 5.05. The largest absolute Gasteiger partial charge is 0.490 e. The van der Waals surface area contributed by atoms with Crippen molar-refractivity contribution in [3.05, 3.63) is 29.8 Å². The molecule has 0 radical (unpaired) electrons. The first-order valence-corrected chi connectivity index (χ1v) is 15.5. The van der Waals surface area contributed by atoms with Gasteiger partial charge in [-0.05, 0) is 37.0 Å². The van der Waals surface area contributed by atoms with Gasteiger partial charge in [-0.2, -0.15) is 0 Å². The number of nitrogens with one attached hydrogen (secondary N) is 2. The van der Waals surface area contributed by atoms with E-state index in [2.05, 4.69) is 57.1 Å². The lowest BCUT2D eigenvalue weighted by atomic mass is 10.1. The smallest absolute Gasteiger partial charge is 0.251 e. The zero-order chi connectivity index (χ0) is 28.4. The summed E-state index contributed by atoms with van der Waals surface area (Å²) in [6.45, 7) is 16.6. The second-order valence-electron chi connectivity index (χ2n) is 10.5. The molecule has 0 fully saturated rings. The molecule has 0 aromatic heterocycles. The number of rotatable bonds is 17. The maximum atomic E-state index is 12.5. The zero-order valence-electron chi connectivity index (χ0n) is 24.1. The highest BCUT2D eigenvalue weighted by Gasteiger charge is 2.18. The minimum atomic E-state index is -0.253. The molecule has 7 nitrogen and oxygen atoms in total. The third-order valence-electron chi connectivity index (χ3n) is 4.66. The molecular weight excluding hydrogens is 520 g/mol. The number of carbonyl (C=O) groups is 2. The van der Waals surface area contributed by atoms with Gasteiger partial charge in [0.1, 0.15) is 24.4 Å². The second kappa shape index (κ2) is 19.2. The molecule has 1 aromatic rings. The standard InChI is InChI=1S/C29H46N2O5S2/c1-22(2)11-9-15-30-26(32)20-34-17-18-35-27(37-38-29(5,6)7)21-36-25-14-8-13-24(19-25)28(33)31-16-10-12-23(3)4/h8,13-14,19,22-23,27H,10,12,15-18,20-21H2,1-7H3,(H,30,32)(H,31,33). The summed E-state index contributed by atoms with van der Waals surface area (Å²) in [6, 6.07) is 7.19. The topological polar surface area (TPSA) is 85.9 Å². The highest BCUT2D eigenvalue weighted by atomic mass is 33.1. The summed E-state index contributed by atoms with van der Waals surface area (Å²) in [5, 5.41) is 5.68. The molecule has 0 saturated heterocycles. The molecule has 2 N–H and O–H groups in total. The summed E-state index contributed by atoms with van der Waals surface area (Å²) < 4.78 is 17.5. The monoisotopic (exact) mass is 566 g/mol. The van der Waals surface area contributed by atoms with Crippen LogP contribution in [-0.4, -0.2) is 61.5 Å². The van der Waals surface area contributed by atoms with Crippen molar-refractivity contribution in [3.8, 4) is 17.6 Å². The third-order valence-corrected chi connectivity index (χ3v) is 8.18. The first kappa shape index (κ1) is 34.2. The SMILES string of the molecule is CC(C)C#CCNC(=O)COCCOC(COc1cccc(C(=O)NCCCC(C)C)c1)SSC(C)(C)C. The lowest BCUT2D eigenvalue weighted by molar-refractivity contribution is -0.126. The number of carbonyl (C=O) groups excluding carboxylic acids is 2. The molecule has 2 amide bonds. The van der Waals surface area contributed by atoms with E-state index in [0.29, 0.717) is 43.5 Å². The van der Waals surface area contributed by atoms with Gasteiger partial charge in [0.2, 0.25) is 5.91 Å². The predicted molar refractivity (Wildman–Crippen MR) is 159 cm³/mol. The lowest BCUT2D eigenvalue weighted by Crippen LogP contribution is -2.29. The van der Waals surface area contributed by atoms with E-state index in [4.69, 9.17) is 14.2 Å². The van der Waals surface area contributed by atoms with E-state index in [1.165, 1.54) is 0 Å². The van der Waals surface area contributed by atoms with Gasteiger partial charge < -0.3 is 24.8 Å². The van der Waals surface area contributed by atoms with Crippen LogP contribution in [0.25, 0.3) is 0 Å². The Morgan fingerprint density at radius 1 is 1.08 bits per heavy atom. The summed E-state index contributed by atoms with van der Waals surface area (Å²) in [4.78, 5) is 24.3. The van der Waals surface area contributed by atoms with Gasteiger partial charge in [-0.1, -0.05) is 88.0 Å². The lowest BCUT2D eigenvalue weighted by Gasteiger charge is -2.22. The molecule has 0 spiro atoms. The average Bonchev–Trinajstić information content (AvgIpc) is 2.84. The van der Waals surface area contributed by atoms with Crippen LogP contribution < -0.4 is 15.4 Å². The number of hydrogen-bond donors (Lipinski definition) is 2. The molecule has 38 heavy (non-hydrogen) atoms. The van der Waals surface area contributed by atoms with Crippen molar-refractivity contribution in [1.29, 1.82) is 0 Å². The Hall–Kier alpha value is -1.86. The number of hydrogen-bond acceptors (Lipinski definition) is 7. The molecule has 0 aliphatic heterocycles. The molecule has 0 bridgehead atoms. The first-order chi connectivity index (χ1) is 18.0. The van der Waals surface area contributed by atoms with Gasteiger partial charge >= 0.3 is 0 Å². The van der Waals surface area contributed by atoms with Crippen LogP contribution in [0, 0.1) is 23.7 Å². The zero-order valence-corrected chi connectivity index (χ0v) is 25.7. The minimum Gasteiger partial charge on any atom is -0.490 e. The van der Waals surface area contributed by atoms with Crippen LogP contribution in [0.1, 0.15) is 71.7 Å². The van der Waals surface area contributed by atoms with Crippen LogP contribution in [0.15, 0.2) is 24.3 Å². The molecule has 0 aliphatic rings. The number of benzene rings is 1. The van der Waals surface area contributed by atoms with Crippen molar-refractivity contribution < 1.29 is 23.8 Å². The molecule has 0 saturated carbocycles. The molecule has 9 heteroatoms. The van der Waals surface area contributed by atoms with Gasteiger partial charge in [-0.3, -0.25) is 9.59 Å². The Kier molecular flexibility index (Phi) is 17.3. The molecule has 1 aromatic carbocycles. The Balaban J connectivity index is 2.50. The summed E-state index contributed by atoms with van der Waals surface area (Å²) in [5.41, 5.74) is 0.319. The van der Waals surface area contributed by atoms with E-state index in [-0.39, 0.29) is 41.1 Å². The Morgan fingerprint density at radius 2 is 1.84 bits per heavy atom. The van der Waals surface area contributed by atoms with Gasteiger partial charge in [-0.25, -0.2) is 0 Å². The highest BCUT2D eigenvalue weighted by molar-refractivity contribution is 8.77. The van der Waals surface area contributed by atoms with Gasteiger partial charge in [0, 0.05) is 22.8 Å². The van der Waals surface area contributed by atoms with Crippen molar-refractivity contribution in [2.45, 2.75) is 71.5 Å². The van der Waals surface area contributed by atoms with Crippen molar-refractivity contribution in [1.82, 2.24) is 10.6 Å². The first-order valence-electron chi connectivity index (χ1n) is 13.3. The van der Waals surface area contributed by atoms with E-state index in [9.17, 15) is 9.59 Å². The van der Waals surface area contributed by atoms with Crippen molar-refractivity contribution in [3.63, 3.8) is 0 Å². The van der Waals surface area contributed by atoms with Gasteiger partial charge in [-0.15, -0.1) is 0 Å². The fourth-order valence-electron chi connectivity index (χ4n) is 2.86. The van der Waals surface area contributed by atoms with Crippen LogP contribution >= 0.6 is 21.6 Å². The van der Waals surface area contributed by atoms with Gasteiger partial charge in [0.15, 0.2) is 0 Å². The van der Waals surface area contributed by atoms with Crippen molar-refractivity contribution in [2.75, 3.05) is 39.5 Å². The van der Waals surface area contributed by atoms with Crippen LogP contribution in [0.2, 0.25) is 0 Å². The van der Waals surface area contributed by atoms with Gasteiger partial charge in [0.25, 0.3) is 5.91 Å². The summed E-state index contributed by atoms with van der Waals surface area (Å²) in [5.74, 6) is 7.12. The van der Waals surface area contributed by atoms with E-state index in [1.807, 2.05) is 26.0 Å². The van der Waals surface area contributed by atoms with E-state index >= 15 is 0 Å². The summed E-state index contributed by atoms with van der Waals surface area (Å²) in [7, 11) is 3.30.